The molecule has 0 aliphatic carbocycles. The molecule has 15 heavy (non-hydrogen) atoms. The molecule has 0 fully saturated rings. The highest BCUT2D eigenvalue weighted by Crippen LogP contribution is 2.32. The molecule has 0 aliphatic rings. The van der Waals surface area contributed by atoms with Crippen LogP contribution in [-0.2, 0) is 29.9 Å². The van der Waals surface area contributed by atoms with Gasteiger partial charge in [-0.3, -0.25) is 4.55 Å². The van der Waals surface area contributed by atoms with Crippen molar-refractivity contribution in [1.29, 1.82) is 0 Å². The van der Waals surface area contributed by atoms with Gasteiger partial charge in [-0.05, 0) is 13.8 Å². The molecule has 0 bridgehead atoms. The van der Waals surface area contributed by atoms with E-state index in [9.17, 15) is 12.6 Å². The number of rotatable bonds is 4. The zero-order chi connectivity index (χ0) is 11.7. The molecule has 9 heteroatoms. The average molecular weight is 271 g/mol. The van der Waals surface area contributed by atoms with Crippen LogP contribution in [0.5, 0.6) is 0 Å². The average Bonchev–Trinajstić information content (AvgIpc) is 2.52. The molecule has 1 N–H and O–H groups in total. The monoisotopic (exact) mass is 271 g/mol. The van der Waals surface area contributed by atoms with E-state index in [0.29, 0.717) is 5.01 Å². The van der Waals surface area contributed by atoms with Crippen molar-refractivity contribution in [3.05, 3.63) is 16.6 Å². The molecule has 1 unspecified atom stereocenters. The second-order valence-corrected chi connectivity index (χ2v) is 6.89. The van der Waals surface area contributed by atoms with E-state index in [1.807, 2.05) is 0 Å². The summed E-state index contributed by atoms with van der Waals surface area (Å²) in [5.41, 5.74) is 0. The number of hydrogen-bond donors (Lipinski definition) is 1. The van der Waals surface area contributed by atoms with Crippen LogP contribution in [0, 0.1) is 0 Å². The van der Waals surface area contributed by atoms with Crippen LogP contribution in [0.3, 0.4) is 0 Å². The van der Waals surface area contributed by atoms with Gasteiger partial charge in [0.25, 0.3) is 10.1 Å². The van der Waals surface area contributed by atoms with Crippen LogP contribution in [-0.4, -0.2) is 22.2 Å². The van der Waals surface area contributed by atoms with Gasteiger partial charge in [0.1, 0.15) is 9.75 Å². The standard InChI is InChI=1S/C6H9NO5S3/c1-6(2,5-7-3-4-13-5)15(10,11)12-14(8)9/h3-4H,1-2H3,(H,8,9). The SMILES string of the molecule is CC(C)(c1nccs1)S(=O)(=O)OS(=O)O. The summed E-state index contributed by atoms with van der Waals surface area (Å²) in [7, 11) is -4.18. The molecule has 0 radical (unpaired) electrons. The van der Waals surface area contributed by atoms with E-state index in [1.165, 1.54) is 20.0 Å². The molecule has 0 aliphatic heterocycles. The summed E-state index contributed by atoms with van der Waals surface area (Å²) >= 11 is -1.72. The normalized spacial score (nSPS) is 15.1. The fourth-order valence-corrected chi connectivity index (χ4v) is 3.46. The van der Waals surface area contributed by atoms with Gasteiger partial charge in [-0.15, -0.1) is 15.0 Å². The van der Waals surface area contributed by atoms with E-state index in [0.717, 1.165) is 11.3 Å². The third kappa shape index (κ3) is 2.61. The lowest BCUT2D eigenvalue weighted by atomic mass is 10.2. The molecule has 1 aromatic heterocycles. The van der Waals surface area contributed by atoms with Crippen LogP contribution in [0.15, 0.2) is 11.6 Å². The molecule has 1 aromatic rings. The molecular weight excluding hydrogens is 262 g/mol. The van der Waals surface area contributed by atoms with Crippen LogP contribution in [0.2, 0.25) is 0 Å². The van der Waals surface area contributed by atoms with E-state index < -0.39 is 26.2 Å². The minimum Gasteiger partial charge on any atom is -0.283 e. The summed E-state index contributed by atoms with van der Waals surface area (Å²) < 4.78 is 44.4. The van der Waals surface area contributed by atoms with Crippen LogP contribution < -0.4 is 0 Å². The highest BCUT2D eigenvalue weighted by molar-refractivity contribution is 7.95. The van der Waals surface area contributed by atoms with Crippen molar-refractivity contribution in [2.45, 2.75) is 18.6 Å². The maximum atomic E-state index is 11.6. The Morgan fingerprint density at radius 1 is 1.60 bits per heavy atom. The van der Waals surface area contributed by atoms with Crippen LogP contribution in [0.25, 0.3) is 0 Å². The summed E-state index contributed by atoms with van der Waals surface area (Å²) in [5.74, 6) is 0. The van der Waals surface area contributed by atoms with Gasteiger partial charge in [0.2, 0.25) is 0 Å². The first-order valence-corrected chi connectivity index (χ1v) is 7.04. The third-order valence-corrected chi connectivity index (χ3v) is 5.57. The molecule has 86 valence electrons. The van der Waals surface area contributed by atoms with Gasteiger partial charge in [0, 0.05) is 11.6 Å². The zero-order valence-electron chi connectivity index (χ0n) is 7.91. The van der Waals surface area contributed by atoms with Crippen LogP contribution >= 0.6 is 11.3 Å². The number of thiazole rings is 1. The molecular formula is C6H9NO5S3. The van der Waals surface area contributed by atoms with Gasteiger partial charge in [-0.25, -0.2) is 4.98 Å². The van der Waals surface area contributed by atoms with Gasteiger partial charge < -0.3 is 0 Å². The third-order valence-electron chi connectivity index (χ3n) is 1.72. The lowest BCUT2D eigenvalue weighted by molar-refractivity contribution is 0.421. The van der Waals surface area contributed by atoms with Crippen molar-refractivity contribution < 1.29 is 20.8 Å². The predicted octanol–water partition coefficient (Wildman–Crippen LogP) is 0.861. The van der Waals surface area contributed by atoms with E-state index >= 15 is 0 Å². The molecule has 1 atom stereocenters. The molecule has 0 spiro atoms. The fraction of sp³-hybridized carbons (Fsp3) is 0.500. The van der Waals surface area contributed by atoms with E-state index in [-0.39, 0.29) is 0 Å². The quantitative estimate of drug-likeness (QED) is 0.816. The van der Waals surface area contributed by atoms with Crippen molar-refractivity contribution in [3.63, 3.8) is 0 Å². The maximum absolute atomic E-state index is 11.6. The number of aromatic nitrogens is 1. The molecule has 1 rings (SSSR count). The molecule has 6 nitrogen and oxygen atoms in total. The van der Waals surface area contributed by atoms with Gasteiger partial charge in [0.05, 0.1) is 0 Å². The molecule has 0 saturated heterocycles. The van der Waals surface area contributed by atoms with Crippen molar-refractivity contribution in [3.8, 4) is 0 Å². The first kappa shape index (κ1) is 12.7. The zero-order valence-corrected chi connectivity index (χ0v) is 10.4. The van der Waals surface area contributed by atoms with Crippen molar-refractivity contribution in [1.82, 2.24) is 4.98 Å². The maximum Gasteiger partial charge on any atom is 0.317 e. The lowest BCUT2D eigenvalue weighted by Gasteiger charge is -2.19. The van der Waals surface area contributed by atoms with Crippen LogP contribution in [0.4, 0.5) is 0 Å². The second kappa shape index (κ2) is 4.26. The minimum absolute atomic E-state index is 0.299. The summed E-state index contributed by atoms with van der Waals surface area (Å²) in [5, 5.41) is 1.91. The highest BCUT2D eigenvalue weighted by Gasteiger charge is 2.41. The van der Waals surface area contributed by atoms with Crippen LogP contribution in [0.1, 0.15) is 18.9 Å². The summed E-state index contributed by atoms with van der Waals surface area (Å²) in [6, 6.07) is 0. The second-order valence-electron chi connectivity index (χ2n) is 3.09. The summed E-state index contributed by atoms with van der Waals surface area (Å²) in [6.07, 6.45) is 1.45. The predicted molar refractivity (Wildman–Crippen MR) is 55.9 cm³/mol. The summed E-state index contributed by atoms with van der Waals surface area (Å²) in [4.78, 5) is 3.84. The lowest BCUT2D eigenvalue weighted by Crippen LogP contribution is -2.31. The van der Waals surface area contributed by atoms with Crippen molar-refractivity contribution >= 4 is 32.8 Å². The Kier molecular flexibility index (Phi) is 3.61. The van der Waals surface area contributed by atoms with E-state index in [1.54, 1.807) is 5.38 Å². The van der Waals surface area contributed by atoms with Gasteiger partial charge in [-0.2, -0.15) is 12.6 Å². The smallest absolute Gasteiger partial charge is 0.283 e. The first-order valence-electron chi connectivity index (χ1n) is 3.72. The topological polar surface area (TPSA) is 93.6 Å². The molecule has 1 heterocycles. The molecule has 0 saturated carbocycles. The minimum atomic E-state index is -4.18. The Morgan fingerprint density at radius 2 is 2.20 bits per heavy atom. The fourth-order valence-electron chi connectivity index (χ4n) is 0.789. The van der Waals surface area contributed by atoms with Crippen molar-refractivity contribution in [2.75, 3.05) is 0 Å². The van der Waals surface area contributed by atoms with Crippen molar-refractivity contribution in [2.24, 2.45) is 0 Å². The molecule has 0 amide bonds. The summed E-state index contributed by atoms with van der Waals surface area (Å²) in [6.45, 7) is 2.71. The van der Waals surface area contributed by atoms with Gasteiger partial charge in [-0.1, -0.05) is 0 Å². The number of nitrogens with zero attached hydrogens (tertiary/aromatic N) is 1. The Hall–Kier alpha value is -0.350. The first-order chi connectivity index (χ1) is 6.77. The van der Waals surface area contributed by atoms with Gasteiger partial charge in [0.15, 0.2) is 0 Å². The van der Waals surface area contributed by atoms with Gasteiger partial charge >= 0.3 is 11.4 Å². The molecule has 0 aromatic carbocycles. The Morgan fingerprint density at radius 3 is 2.60 bits per heavy atom. The van der Waals surface area contributed by atoms with E-state index in [4.69, 9.17) is 4.55 Å². The van der Waals surface area contributed by atoms with E-state index in [2.05, 4.69) is 8.61 Å². The highest BCUT2D eigenvalue weighted by atomic mass is 32.3. The largest absolute Gasteiger partial charge is 0.317 e. The Labute approximate surface area is 93.9 Å². The Bertz CT molecular complexity index is 449. The Balaban J connectivity index is 3.11. The number of hydrogen-bond acceptors (Lipinski definition) is 6.